The van der Waals surface area contributed by atoms with Crippen molar-refractivity contribution in [3.63, 3.8) is 0 Å². The van der Waals surface area contributed by atoms with Crippen LogP contribution in [0, 0.1) is 15.9 Å². The molecule has 5 nitrogen and oxygen atoms in total. The second-order valence-corrected chi connectivity index (χ2v) is 4.42. The molecule has 0 bridgehead atoms. The molecule has 0 aliphatic rings. The number of pyridine rings is 1. The summed E-state index contributed by atoms with van der Waals surface area (Å²) in [5.41, 5.74) is 1.20. The molecule has 0 fully saturated rings. The van der Waals surface area contributed by atoms with Gasteiger partial charge in [0, 0.05) is 36.6 Å². The van der Waals surface area contributed by atoms with Crippen molar-refractivity contribution in [1.82, 2.24) is 10.3 Å². The van der Waals surface area contributed by atoms with Crippen LogP contribution in [0.3, 0.4) is 0 Å². The molecule has 0 spiro atoms. The second-order valence-electron chi connectivity index (χ2n) is 4.42. The monoisotopic (exact) mass is 275 g/mol. The predicted molar refractivity (Wildman–Crippen MR) is 72.5 cm³/mol. The van der Waals surface area contributed by atoms with Gasteiger partial charge >= 0.3 is 0 Å². The molecule has 0 amide bonds. The van der Waals surface area contributed by atoms with Crippen LogP contribution in [0.4, 0.5) is 10.1 Å². The maximum absolute atomic E-state index is 13.2. The van der Waals surface area contributed by atoms with Crippen LogP contribution < -0.4 is 5.32 Å². The number of nitro groups is 1. The molecule has 6 heteroatoms. The summed E-state index contributed by atoms with van der Waals surface area (Å²) in [5.74, 6) is -0.485. The summed E-state index contributed by atoms with van der Waals surface area (Å²) in [7, 11) is 0. The molecule has 0 aliphatic heterocycles. The van der Waals surface area contributed by atoms with Gasteiger partial charge in [0.2, 0.25) is 0 Å². The smallest absolute Gasteiger partial charge is 0.274 e. The quantitative estimate of drug-likeness (QED) is 0.672. The summed E-state index contributed by atoms with van der Waals surface area (Å²) in [5, 5.41) is 14.0. The highest BCUT2D eigenvalue weighted by Crippen LogP contribution is 2.20. The number of benzene rings is 1. The molecule has 0 saturated carbocycles. The van der Waals surface area contributed by atoms with E-state index in [1.54, 1.807) is 12.4 Å². The van der Waals surface area contributed by atoms with Crippen molar-refractivity contribution in [1.29, 1.82) is 0 Å². The van der Waals surface area contributed by atoms with E-state index in [1.807, 2.05) is 19.1 Å². The van der Waals surface area contributed by atoms with Gasteiger partial charge < -0.3 is 5.32 Å². The van der Waals surface area contributed by atoms with Gasteiger partial charge in [0.15, 0.2) is 0 Å². The fourth-order valence-corrected chi connectivity index (χ4v) is 1.89. The molecule has 104 valence electrons. The zero-order chi connectivity index (χ0) is 14.5. The van der Waals surface area contributed by atoms with Crippen LogP contribution >= 0.6 is 0 Å². The first-order valence-electron chi connectivity index (χ1n) is 6.14. The molecule has 0 unspecified atom stereocenters. The molecule has 2 aromatic rings. The first-order chi connectivity index (χ1) is 9.58. The van der Waals surface area contributed by atoms with Crippen LogP contribution in [0.1, 0.15) is 24.1 Å². The molecule has 0 radical (unpaired) electrons. The van der Waals surface area contributed by atoms with Gasteiger partial charge in [0.25, 0.3) is 5.69 Å². The fourth-order valence-electron chi connectivity index (χ4n) is 1.89. The molecule has 20 heavy (non-hydrogen) atoms. The van der Waals surface area contributed by atoms with Crippen LogP contribution in [0.25, 0.3) is 0 Å². The number of nitrogens with zero attached hydrogens (tertiary/aromatic N) is 2. The van der Waals surface area contributed by atoms with Gasteiger partial charge in [0.1, 0.15) is 5.82 Å². The van der Waals surface area contributed by atoms with Gasteiger partial charge in [-0.3, -0.25) is 15.1 Å². The summed E-state index contributed by atoms with van der Waals surface area (Å²) < 4.78 is 13.2. The maximum Gasteiger partial charge on any atom is 0.274 e. The van der Waals surface area contributed by atoms with Crippen LogP contribution in [-0.2, 0) is 6.54 Å². The minimum absolute atomic E-state index is 0.0356. The lowest BCUT2D eigenvalue weighted by molar-refractivity contribution is -0.385. The Kier molecular flexibility index (Phi) is 4.37. The van der Waals surface area contributed by atoms with E-state index in [2.05, 4.69) is 10.3 Å². The van der Waals surface area contributed by atoms with Gasteiger partial charge in [-0.15, -0.1) is 0 Å². The summed E-state index contributed by atoms with van der Waals surface area (Å²) in [6, 6.07) is 7.14. The van der Waals surface area contributed by atoms with Crippen LogP contribution in [0.15, 0.2) is 42.7 Å². The first-order valence-corrected chi connectivity index (χ1v) is 6.14. The SMILES string of the molecule is C[C@@H](NCc1cc(F)ccc1[N+](=O)[O-])c1cccnc1. The Balaban J connectivity index is 2.11. The van der Waals surface area contributed by atoms with Crippen molar-refractivity contribution in [2.24, 2.45) is 0 Å². The van der Waals surface area contributed by atoms with E-state index in [-0.39, 0.29) is 18.3 Å². The molecule has 0 aliphatic carbocycles. The molecule has 1 aromatic heterocycles. The lowest BCUT2D eigenvalue weighted by atomic mass is 10.1. The van der Waals surface area contributed by atoms with Crippen molar-refractivity contribution < 1.29 is 9.31 Å². The predicted octanol–water partition coefficient (Wildman–Crippen LogP) is 2.98. The Hall–Kier alpha value is -2.34. The van der Waals surface area contributed by atoms with E-state index < -0.39 is 10.7 Å². The van der Waals surface area contributed by atoms with E-state index in [4.69, 9.17) is 0 Å². The average molecular weight is 275 g/mol. The van der Waals surface area contributed by atoms with Crippen LogP contribution in [-0.4, -0.2) is 9.91 Å². The number of rotatable bonds is 5. The number of hydrogen-bond acceptors (Lipinski definition) is 4. The largest absolute Gasteiger partial charge is 0.306 e. The van der Waals surface area contributed by atoms with Crippen molar-refractivity contribution in [2.45, 2.75) is 19.5 Å². The molecule has 1 heterocycles. The molecule has 0 saturated heterocycles. The highest BCUT2D eigenvalue weighted by molar-refractivity contribution is 5.40. The number of halogens is 1. The minimum atomic E-state index is -0.509. The molecular weight excluding hydrogens is 261 g/mol. The molecule has 1 N–H and O–H groups in total. The van der Waals surface area contributed by atoms with E-state index in [9.17, 15) is 14.5 Å². The van der Waals surface area contributed by atoms with Gasteiger partial charge in [-0.1, -0.05) is 6.07 Å². The van der Waals surface area contributed by atoms with E-state index in [0.717, 1.165) is 11.6 Å². The van der Waals surface area contributed by atoms with E-state index in [0.29, 0.717) is 5.56 Å². The van der Waals surface area contributed by atoms with Crippen molar-refractivity contribution >= 4 is 5.69 Å². The third-order valence-corrected chi connectivity index (χ3v) is 3.02. The normalized spacial score (nSPS) is 12.1. The van der Waals surface area contributed by atoms with E-state index in [1.165, 1.54) is 12.1 Å². The first kappa shape index (κ1) is 14.1. The van der Waals surface area contributed by atoms with E-state index >= 15 is 0 Å². The highest BCUT2D eigenvalue weighted by atomic mass is 19.1. The molecule has 1 atom stereocenters. The Labute approximate surface area is 115 Å². The van der Waals surface area contributed by atoms with Gasteiger partial charge in [0.05, 0.1) is 4.92 Å². The Bertz CT molecular complexity index is 605. The highest BCUT2D eigenvalue weighted by Gasteiger charge is 2.15. The van der Waals surface area contributed by atoms with Gasteiger partial charge in [-0.05, 0) is 30.7 Å². The Morgan fingerprint density at radius 1 is 1.45 bits per heavy atom. The molecular formula is C14H14FN3O2. The Morgan fingerprint density at radius 2 is 2.25 bits per heavy atom. The third kappa shape index (κ3) is 3.36. The van der Waals surface area contributed by atoms with Gasteiger partial charge in [-0.25, -0.2) is 4.39 Å². The second kappa shape index (κ2) is 6.21. The maximum atomic E-state index is 13.2. The lowest BCUT2D eigenvalue weighted by Gasteiger charge is -2.13. The molecule has 2 rings (SSSR count). The molecule has 1 aromatic carbocycles. The average Bonchev–Trinajstić information content (AvgIpc) is 2.45. The summed E-state index contributed by atoms with van der Waals surface area (Å²) in [4.78, 5) is 14.4. The number of nitro benzene ring substituents is 1. The van der Waals surface area contributed by atoms with Crippen molar-refractivity contribution in [3.8, 4) is 0 Å². The summed E-state index contributed by atoms with van der Waals surface area (Å²) >= 11 is 0. The zero-order valence-electron chi connectivity index (χ0n) is 10.9. The zero-order valence-corrected chi connectivity index (χ0v) is 10.9. The minimum Gasteiger partial charge on any atom is -0.306 e. The standard InChI is InChI=1S/C14H14FN3O2/c1-10(11-3-2-6-16-8-11)17-9-12-7-13(15)4-5-14(12)18(19)20/h2-8,10,17H,9H2,1H3/t10-/m1/s1. The fraction of sp³-hybridized carbons (Fsp3) is 0.214. The Morgan fingerprint density at radius 3 is 2.90 bits per heavy atom. The van der Waals surface area contributed by atoms with Crippen LogP contribution in [0.2, 0.25) is 0 Å². The number of aromatic nitrogens is 1. The summed E-state index contributed by atoms with van der Waals surface area (Å²) in [6.45, 7) is 2.13. The van der Waals surface area contributed by atoms with Crippen LogP contribution in [0.5, 0.6) is 0 Å². The van der Waals surface area contributed by atoms with Crippen molar-refractivity contribution in [3.05, 3.63) is 69.8 Å². The van der Waals surface area contributed by atoms with Gasteiger partial charge in [-0.2, -0.15) is 0 Å². The number of nitrogens with one attached hydrogen (secondary N) is 1. The summed E-state index contributed by atoms with van der Waals surface area (Å²) in [6.07, 6.45) is 3.39. The third-order valence-electron chi connectivity index (χ3n) is 3.02. The van der Waals surface area contributed by atoms with Crippen molar-refractivity contribution in [2.75, 3.05) is 0 Å². The lowest BCUT2D eigenvalue weighted by Crippen LogP contribution is -2.19. The topological polar surface area (TPSA) is 68.1 Å². The number of hydrogen-bond donors (Lipinski definition) is 1.